The molecule has 1 aromatic carbocycles. The number of benzene rings is 1. The van der Waals surface area contributed by atoms with Crippen molar-refractivity contribution in [1.82, 2.24) is 19.4 Å². The Labute approximate surface area is 153 Å². The lowest BCUT2D eigenvalue weighted by Crippen LogP contribution is -2.55. The van der Waals surface area contributed by atoms with Crippen LogP contribution < -0.4 is 5.32 Å². The van der Waals surface area contributed by atoms with Crippen LogP contribution in [0.3, 0.4) is 0 Å². The fraction of sp³-hybridized carbons (Fsp3) is 0.529. The number of imide groups is 1. The van der Waals surface area contributed by atoms with Gasteiger partial charge in [-0.3, -0.25) is 14.6 Å². The lowest BCUT2D eigenvalue weighted by molar-refractivity contribution is -0.133. The second-order valence-corrected chi connectivity index (χ2v) is 8.54. The van der Waals surface area contributed by atoms with E-state index in [1.165, 1.54) is 9.21 Å². The second kappa shape index (κ2) is 7.73. The average Bonchev–Trinajstić information content (AvgIpc) is 3.07. The maximum atomic E-state index is 12.6. The monoisotopic (exact) mass is 380 g/mol. The molecule has 0 spiro atoms. The van der Waals surface area contributed by atoms with Gasteiger partial charge in [-0.05, 0) is 12.5 Å². The molecular weight excluding hydrogens is 356 g/mol. The van der Waals surface area contributed by atoms with E-state index < -0.39 is 16.1 Å². The summed E-state index contributed by atoms with van der Waals surface area (Å²) < 4.78 is 26.7. The zero-order chi connectivity index (χ0) is 18.7. The van der Waals surface area contributed by atoms with Crippen LogP contribution in [-0.4, -0.2) is 79.8 Å². The molecule has 1 atom stereocenters. The van der Waals surface area contributed by atoms with E-state index in [1.807, 2.05) is 23.1 Å². The highest BCUT2D eigenvalue weighted by Crippen LogP contribution is 2.16. The minimum atomic E-state index is -3.38. The van der Waals surface area contributed by atoms with Crippen molar-refractivity contribution in [2.75, 3.05) is 39.3 Å². The van der Waals surface area contributed by atoms with Crippen LogP contribution in [-0.2, 0) is 20.6 Å². The maximum Gasteiger partial charge on any atom is 0.324 e. The molecule has 2 aliphatic heterocycles. The number of piperazine rings is 1. The molecule has 26 heavy (non-hydrogen) atoms. The Morgan fingerprint density at radius 2 is 1.77 bits per heavy atom. The van der Waals surface area contributed by atoms with Crippen LogP contribution in [0.1, 0.15) is 12.5 Å². The summed E-state index contributed by atoms with van der Waals surface area (Å²) in [5.41, 5.74) is 0.763. The largest absolute Gasteiger partial charge is 0.336 e. The highest BCUT2D eigenvalue weighted by atomic mass is 32.2. The molecule has 0 saturated carbocycles. The quantitative estimate of drug-likeness (QED) is 0.781. The van der Waals surface area contributed by atoms with Crippen molar-refractivity contribution in [2.24, 2.45) is 0 Å². The zero-order valence-corrected chi connectivity index (χ0v) is 15.6. The van der Waals surface area contributed by atoms with Gasteiger partial charge in [0, 0.05) is 39.3 Å². The molecular formula is C17H24N4O4S. The number of nitrogens with one attached hydrogen (secondary N) is 1. The Kier molecular flexibility index (Phi) is 5.59. The predicted molar refractivity (Wildman–Crippen MR) is 96.8 cm³/mol. The van der Waals surface area contributed by atoms with Crippen LogP contribution in [0, 0.1) is 0 Å². The number of hydrogen-bond acceptors (Lipinski definition) is 5. The summed E-state index contributed by atoms with van der Waals surface area (Å²) in [6.45, 7) is 4.25. The summed E-state index contributed by atoms with van der Waals surface area (Å²) in [5, 5.41) is 2.62. The fourth-order valence-electron chi connectivity index (χ4n) is 3.31. The van der Waals surface area contributed by atoms with Crippen molar-refractivity contribution >= 4 is 22.0 Å². The summed E-state index contributed by atoms with van der Waals surface area (Å²) >= 11 is 0. The van der Waals surface area contributed by atoms with E-state index in [2.05, 4.69) is 5.32 Å². The van der Waals surface area contributed by atoms with Crippen molar-refractivity contribution < 1.29 is 18.0 Å². The van der Waals surface area contributed by atoms with Gasteiger partial charge in [-0.25, -0.2) is 13.2 Å². The first-order valence-electron chi connectivity index (χ1n) is 8.73. The highest BCUT2D eigenvalue weighted by Gasteiger charge is 2.35. The third kappa shape index (κ3) is 4.05. The first kappa shape index (κ1) is 18.8. The van der Waals surface area contributed by atoms with Gasteiger partial charge in [0.25, 0.3) is 0 Å². The Balaban J connectivity index is 1.56. The van der Waals surface area contributed by atoms with E-state index in [0.29, 0.717) is 39.3 Å². The van der Waals surface area contributed by atoms with E-state index in [0.717, 1.165) is 5.56 Å². The first-order chi connectivity index (χ1) is 12.4. The fourth-order valence-corrected chi connectivity index (χ4v) is 4.82. The SMILES string of the molecule is C[C@@H](C(=O)N1CCNC1=O)N1CCN(S(=O)(=O)Cc2ccccc2)CC1. The van der Waals surface area contributed by atoms with Gasteiger partial charge in [0.1, 0.15) is 0 Å². The molecule has 0 aliphatic carbocycles. The zero-order valence-electron chi connectivity index (χ0n) is 14.8. The Morgan fingerprint density at radius 3 is 2.35 bits per heavy atom. The van der Waals surface area contributed by atoms with E-state index in [1.54, 1.807) is 19.1 Å². The number of amides is 3. The Hall–Kier alpha value is -1.97. The van der Waals surface area contributed by atoms with Crippen LogP contribution in [0.15, 0.2) is 30.3 Å². The third-order valence-electron chi connectivity index (χ3n) is 4.89. The Bertz CT molecular complexity index is 760. The molecule has 1 aromatic rings. The minimum absolute atomic E-state index is 0.0176. The standard InChI is InChI=1S/C17H24N4O4S/c1-14(16(22)21-8-7-18-17(21)23)19-9-11-20(12-10-19)26(24,25)13-15-5-3-2-4-6-15/h2-6,14H,7-13H2,1H3,(H,18,23)/t14-/m0/s1. The van der Waals surface area contributed by atoms with Gasteiger partial charge in [-0.1, -0.05) is 30.3 Å². The molecule has 142 valence electrons. The molecule has 9 heteroatoms. The molecule has 0 unspecified atom stereocenters. The van der Waals surface area contributed by atoms with Crippen molar-refractivity contribution in [2.45, 2.75) is 18.7 Å². The van der Waals surface area contributed by atoms with Gasteiger partial charge in [0.05, 0.1) is 11.8 Å². The van der Waals surface area contributed by atoms with Gasteiger partial charge < -0.3 is 5.32 Å². The molecule has 0 aromatic heterocycles. The van der Waals surface area contributed by atoms with E-state index >= 15 is 0 Å². The number of sulfonamides is 1. The molecule has 2 fully saturated rings. The van der Waals surface area contributed by atoms with Gasteiger partial charge in [0.2, 0.25) is 15.9 Å². The lowest BCUT2D eigenvalue weighted by Gasteiger charge is -2.37. The number of urea groups is 1. The Morgan fingerprint density at radius 1 is 1.12 bits per heavy atom. The maximum absolute atomic E-state index is 12.6. The van der Waals surface area contributed by atoms with E-state index in [4.69, 9.17) is 0 Å². The first-order valence-corrected chi connectivity index (χ1v) is 10.3. The minimum Gasteiger partial charge on any atom is -0.336 e. The van der Waals surface area contributed by atoms with Gasteiger partial charge in [-0.2, -0.15) is 4.31 Å². The molecule has 0 radical (unpaired) electrons. The smallest absolute Gasteiger partial charge is 0.324 e. The topological polar surface area (TPSA) is 90.0 Å². The lowest BCUT2D eigenvalue weighted by atomic mass is 10.2. The summed E-state index contributed by atoms with van der Waals surface area (Å²) in [6.07, 6.45) is 0. The summed E-state index contributed by atoms with van der Waals surface area (Å²) in [6, 6.07) is 8.30. The van der Waals surface area contributed by atoms with Crippen LogP contribution in [0.2, 0.25) is 0 Å². The molecule has 2 saturated heterocycles. The molecule has 8 nitrogen and oxygen atoms in total. The number of carbonyl (C=O) groups is 2. The van der Waals surface area contributed by atoms with Crippen molar-refractivity contribution in [3.63, 3.8) is 0 Å². The summed E-state index contributed by atoms with van der Waals surface area (Å²) in [7, 11) is -3.38. The number of rotatable bonds is 5. The third-order valence-corrected chi connectivity index (χ3v) is 6.74. The van der Waals surface area contributed by atoms with Gasteiger partial charge in [0.15, 0.2) is 0 Å². The average molecular weight is 380 g/mol. The number of carbonyl (C=O) groups excluding carboxylic acids is 2. The van der Waals surface area contributed by atoms with Crippen molar-refractivity contribution in [1.29, 1.82) is 0 Å². The number of nitrogens with zero attached hydrogens (tertiary/aromatic N) is 3. The number of hydrogen-bond donors (Lipinski definition) is 1. The molecule has 1 N–H and O–H groups in total. The predicted octanol–water partition coefficient (Wildman–Crippen LogP) is 0.0743. The summed E-state index contributed by atoms with van der Waals surface area (Å²) in [4.78, 5) is 27.3. The highest BCUT2D eigenvalue weighted by molar-refractivity contribution is 7.88. The van der Waals surface area contributed by atoms with Crippen molar-refractivity contribution in [3.8, 4) is 0 Å². The molecule has 2 aliphatic rings. The second-order valence-electron chi connectivity index (χ2n) is 6.57. The normalized spacial score (nSPS) is 20.8. The molecule has 3 rings (SSSR count). The van der Waals surface area contributed by atoms with Crippen LogP contribution >= 0.6 is 0 Å². The van der Waals surface area contributed by atoms with E-state index in [-0.39, 0.29) is 17.7 Å². The van der Waals surface area contributed by atoms with Crippen LogP contribution in [0.25, 0.3) is 0 Å². The van der Waals surface area contributed by atoms with Crippen LogP contribution in [0.5, 0.6) is 0 Å². The van der Waals surface area contributed by atoms with Crippen molar-refractivity contribution in [3.05, 3.63) is 35.9 Å². The van der Waals surface area contributed by atoms with Crippen LogP contribution in [0.4, 0.5) is 4.79 Å². The van der Waals surface area contributed by atoms with Gasteiger partial charge in [-0.15, -0.1) is 0 Å². The summed E-state index contributed by atoms with van der Waals surface area (Å²) in [5.74, 6) is -0.253. The molecule has 2 heterocycles. The molecule has 0 bridgehead atoms. The molecule has 3 amide bonds. The van der Waals surface area contributed by atoms with Gasteiger partial charge >= 0.3 is 6.03 Å². The van der Waals surface area contributed by atoms with E-state index in [9.17, 15) is 18.0 Å².